The molecule has 133 heavy (non-hydrogen) atoms. The van der Waals surface area contributed by atoms with Crippen LogP contribution in [0.1, 0.15) is 84.7 Å². The number of amides is 4. The predicted molar refractivity (Wildman–Crippen MR) is 495 cm³/mol. The number of nitrogens with zero attached hydrogens (tertiary/aromatic N) is 21. The van der Waals surface area contributed by atoms with Gasteiger partial charge < -0.3 is 51.2 Å². The van der Waals surface area contributed by atoms with Gasteiger partial charge in [-0.25, -0.2) is 39.6 Å². The number of thiophene rings is 1. The van der Waals surface area contributed by atoms with Gasteiger partial charge in [0.15, 0.2) is 47.2 Å². The number of pyridine rings is 3. The number of aryl methyl sites for hydroxylation is 2. The molecule has 0 fully saturated rings. The summed E-state index contributed by atoms with van der Waals surface area (Å²) in [6, 6.07) is 60.3. The van der Waals surface area contributed by atoms with Crippen LogP contribution in [0.25, 0.3) is 64.7 Å². The molecule has 9 N–H and O–H groups in total. The second kappa shape index (κ2) is 40.8. The number of benzene rings is 9. The Morgan fingerprint density at radius 2 is 0.880 bits per heavy atom. The average molecular weight is 1780 g/mol. The van der Waals surface area contributed by atoms with Crippen LogP contribution in [0.15, 0.2) is 319 Å². The number of aldehydes is 2. The molecule has 0 saturated heterocycles. The predicted octanol–water partition coefficient (Wildman–Crippen LogP) is 21.8. The molecule has 9 aromatic heterocycles. The molecule has 0 spiro atoms. The number of furan rings is 1. The van der Waals surface area contributed by atoms with Gasteiger partial charge in [-0.3, -0.25) is 33.8 Å². The van der Waals surface area contributed by atoms with Crippen molar-refractivity contribution in [1.29, 1.82) is 0 Å². The minimum Gasteiger partial charge on any atom is -0.505 e. The van der Waals surface area contributed by atoms with Crippen LogP contribution in [0.3, 0.4) is 0 Å². The molecule has 650 valence electrons. The van der Waals surface area contributed by atoms with Crippen molar-refractivity contribution >= 4 is 170 Å². The maximum Gasteiger partial charge on any atom is 0.260 e. The highest BCUT2D eigenvalue weighted by Gasteiger charge is 2.26. The van der Waals surface area contributed by atoms with E-state index in [1.807, 2.05) is 43.3 Å². The van der Waals surface area contributed by atoms with Gasteiger partial charge in [0, 0.05) is 75.7 Å². The molecule has 0 aliphatic carbocycles. The highest BCUT2D eigenvalue weighted by Crippen LogP contribution is 2.46. The van der Waals surface area contributed by atoms with Crippen LogP contribution in [-0.4, -0.2) is 116 Å². The molecular formula is C95H67N25O12S. The van der Waals surface area contributed by atoms with Crippen molar-refractivity contribution < 1.29 is 58.7 Å². The largest absolute Gasteiger partial charge is 0.505 e. The van der Waals surface area contributed by atoms with Gasteiger partial charge >= 0.3 is 0 Å². The van der Waals surface area contributed by atoms with Crippen molar-refractivity contribution in [2.45, 2.75) is 27.4 Å². The number of aromatic nitrogens is 11. The molecule has 38 heteroatoms. The summed E-state index contributed by atoms with van der Waals surface area (Å²) >= 11 is 1.25. The molecule has 18 aromatic rings. The summed E-state index contributed by atoms with van der Waals surface area (Å²) in [5.41, 5.74) is 4.47. The molecule has 18 rings (SSSR count). The van der Waals surface area contributed by atoms with Gasteiger partial charge in [-0.15, -0.1) is 52.3 Å². The van der Waals surface area contributed by atoms with Gasteiger partial charge in [-0.2, -0.15) is 19.6 Å². The third-order valence-corrected chi connectivity index (χ3v) is 20.6. The lowest BCUT2D eigenvalue weighted by Gasteiger charge is -2.11. The highest BCUT2D eigenvalue weighted by molar-refractivity contribution is 7.14. The second-order valence-corrected chi connectivity index (χ2v) is 29.1. The Bertz CT molecular complexity index is 7710. The van der Waals surface area contributed by atoms with E-state index in [-0.39, 0.29) is 121 Å². The molecule has 0 unspecified atom stereocenters. The van der Waals surface area contributed by atoms with Crippen LogP contribution in [0.5, 0.6) is 23.0 Å². The van der Waals surface area contributed by atoms with Gasteiger partial charge in [0.05, 0.1) is 77.4 Å². The Morgan fingerprint density at radius 1 is 0.444 bits per heavy atom. The van der Waals surface area contributed by atoms with Gasteiger partial charge in [-0.05, 0) is 144 Å². The molecule has 0 aliphatic rings. The van der Waals surface area contributed by atoms with Gasteiger partial charge in [0.1, 0.15) is 45.1 Å². The van der Waals surface area contributed by atoms with Crippen LogP contribution in [-0.2, 0) is 6.61 Å². The molecule has 0 saturated carbocycles. The van der Waals surface area contributed by atoms with E-state index in [1.54, 1.807) is 208 Å². The Labute approximate surface area is 756 Å². The zero-order valence-electron chi connectivity index (χ0n) is 69.7. The van der Waals surface area contributed by atoms with E-state index in [2.05, 4.69) is 117 Å². The first-order valence-electron chi connectivity index (χ1n) is 39.7. The number of azo groups is 4. The SMILES string of the molecule is Cc1oc(N=Nc2c(O)c(C(=O)Nc3ccccn3)cc3ccccc23)c(C=O)c1C.O=Cc1ccsc1N=Nc1c(O)c(C(=O)Nc2ccc(CO)cc2)cc2ccccc12.[C-]#[N+]c1cnn(-c2ncccn2)c1N=Nc1c(O)c(C(=O)Nc2cccc(C)n2)cc2ccccc12.[C-]#[N+]c1cnn(-c2ncccn2)c1N=Nc1c(O)c(C(=O)Nc2cccnc2)cc2ccccc12. The lowest BCUT2D eigenvalue weighted by Crippen LogP contribution is -2.13. The number of hydrogen-bond donors (Lipinski definition) is 9. The minimum absolute atomic E-state index is 0.00346. The monoisotopic (exact) mass is 1780 g/mol. The van der Waals surface area contributed by atoms with Crippen molar-refractivity contribution in [2.75, 3.05) is 21.3 Å². The van der Waals surface area contributed by atoms with E-state index >= 15 is 0 Å². The number of carbonyl (C=O) groups is 6. The maximum atomic E-state index is 13.1. The average Bonchev–Trinajstić information content (AvgIpc) is 1.50. The summed E-state index contributed by atoms with van der Waals surface area (Å²) < 4.78 is 8.05. The third-order valence-electron chi connectivity index (χ3n) is 19.8. The number of phenols is 4. The van der Waals surface area contributed by atoms with Gasteiger partial charge in [0.25, 0.3) is 46.9 Å². The van der Waals surface area contributed by atoms with Crippen LogP contribution in [0.4, 0.5) is 79.7 Å². The van der Waals surface area contributed by atoms with Crippen LogP contribution in [0, 0.1) is 33.9 Å². The van der Waals surface area contributed by atoms with Crippen molar-refractivity contribution in [3.05, 3.63) is 352 Å². The maximum absolute atomic E-state index is 13.1. The zero-order valence-corrected chi connectivity index (χ0v) is 70.6. The lowest BCUT2D eigenvalue weighted by molar-refractivity contribution is 0.101. The topological polar surface area (TPSA) is 498 Å². The number of aromatic hydroxyl groups is 4. The fraction of sp³-hybridized carbons (Fsp3) is 0.0421. The Kier molecular flexibility index (Phi) is 27.2. The number of carbonyl (C=O) groups excluding carboxylic acids is 6. The molecule has 37 nitrogen and oxygen atoms in total. The summed E-state index contributed by atoms with van der Waals surface area (Å²) in [7, 11) is 0. The van der Waals surface area contributed by atoms with E-state index in [9.17, 15) is 49.2 Å². The highest BCUT2D eigenvalue weighted by atomic mass is 32.1. The minimum atomic E-state index is -0.558. The number of nitrogens with one attached hydrogen (secondary N) is 4. The number of phenolic OH excluding ortho intramolecular Hbond substituents is 4. The van der Waals surface area contributed by atoms with Crippen molar-refractivity contribution in [3.8, 4) is 34.9 Å². The van der Waals surface area contributed by atoms with Crippen LogP contribution >= 0.6 is 11.3 Å². The summed E-state index contributed by atoms with van der Waals surface area (Å²) in [5.74, 6) is -1.68. The lowest BCUT2D eigenvalue weighted by atomic mass is 10.0. The van der Waals surface area contributed by atoms with E-state index in [0.29, 0.717) is 101 Å². The zero-order chi connectivity index (χ0) is 93.0. The number of rotatable bonds is 21. The molecular weight excluding hydrogens is 1720 g/mol. The number of anilines is 4. The molecule has 0 radical (unpaired) electrons. The molecule has 4 amide bonds. The van der Waals surface area contributed by atoms with E-state index < -0.39 is 23.6 Å². The summed E-state index contributed by atoms with van der Waals surface area (Å²) in [5, 5.41) is 113. The molecule has 9 heterocycles. The Balaban J connectivity index is 0.000000136. The van der Waals surface area contributed by atoms with Crippen molar-refractivity contribution in [1.82, 2.24) is 54.4 Å². The number of hydrogen-bond acceptors (Lipinski definition) is 30. The molecule has 9 aromatic carbocycles. The fourth-order valence-electron chi connectivity index (χ4n) is 13.1. The number of aliphatic hydroxyl groups is 1. The molecule has 0 aliphatic heterocycles. The standard InChI is InChI=1S/C25H17N9O2.C24H15N9O2.C23H18N4O4.C23H17N3O4S/c1-15-7-5-10-20(30-15)31-24(36)18-13-16-8-3-4-9-17(16)21(22(18)35)32-33-23-19(26-2)14-29-34(23)25-27-11-6-12-28-25;1-25-19-14-29-33(24-27-10-5-11-28-24)22(19)32-31-20-17-8-3-2-6-15(17)12-18(21(20)34)23(35)30-16-7-4-9-26-13-16;1-13-14(2)31-23(18(13)12-28)27-26-20-16-8-4-3-7-15(16)11-17(21(20)29)22(30)25-19-9-5-6-10-24-19;27-12-14-5-7-17(8-6-14)24-22(30)19-11-15-3-1-2-4-18(15)20(21(19)29)25-26-23-16(13-28)9-10-31-23/h3-14,35H,1H3,(H,30,31,36);2-14,34H,(H,30,35);3-12,29H,1-2H3,(H,24,25,30);1-11,13,27,29H,12H2,(H,24,30). The van der Waals surface area contributed by atoms with E-state index in [0.717, 1.165) is 11.3 Å². The smallest absolute Gasteiger partial charge is 0.260 e. The normalized spacial score (nSPS) is 11.1. The first kappa shape index (κ1) is 88.6. The summed E-state index contributed by atoms with van der Waals surface area (Å²) in [6.07, 6.45) is 14.8. The summed E-state index contributed by atoms with van der Waals surface area (Å²) in [6.45, 7) is 20.1. The Hall–Kier alpha value is -19.2. The van der Waals surface area contributed by atoms with Gasteiger partial charge in [0.2, 0.25) is 5.88 Å². The Morgan fingerprint density at radius 3 is 1.32 bits per heavy atom. The second-order valence-electron chi connectivity index (χ2n) is 28.2. The van der Waals surface area contributed by atoms with Crippen LogP contribution in [0.2, 0.25) is 0 Å². The first-order valence-corrected chi connectivity index (χ1v) is 40.6. The van der Waals surface area contributed by atoms with E-state index in [1.165, 1.54) is 64.1 Å². The van der Waals surface area contributed by atoms with E-state index in [4.69, 9.17) is 22.7 Å². The van der Waals surface area contributed by atoms with Gasteiger partial charge in [-0.1, -0.05) is 121 Å². The molecule has 0 atom stereocenters. The first-order chi connectivity index (χ1) is 64.8. The quantitative estimate of drug-likeness (QED) is 0.0183. The summed E-state index contributed by atoms with van der Waals surface area (Å²) in [4.78, 5) is 110. The fourth-order valence-corrected chi connectivity index (χ4v) is 13.8. The van der Waals surface area contributed by atoms with Crippen molar-refractivity contribution in [3.63, 3.8) is 0 Å². The third kappa shape index (κ3) is 20.0. The van der Waals surface area contributed by atoms with Crippen molar-refractivity contribution in [2.24, 2.45) is 40.9 Å². The van der Waals surface area contributed by atoms with Crippen LogP contribution < -0.4 is 21.3 Å². The number of aliphatic hydroxyl groups excluding tert-OH is 1. The number of fused-ring (bicyclic) bond motifs is 4. The molecule has 0 bridgehead atoms.